The molecule has 0 aliphatic carbocycles. The predicted octanol–water partition coefficient (Wildman–Crippen LogP) is 4.32. The molecule has 2 rings (SSSR count). The lowest BCUT2D eigenvalue weighted by atomic mass is 10.1. The summed E-state index contributed by atoms with van der Waals surface area (Å²) in [6, 6.07) is 10.3. The molecule has 1 amide bonds. The van der Waals surface area contributed by atoms with Crippen molar-refractivity contribution in [2.45, 2.75) is 40.2 Å². The van der Waals surface area contributed by atoms with Crippen molar-refractivity contribution in [3.8, 4) is 5.75 Å². The second-order valence-corrected chi connectivity index (χ2v) is 5.91. The first-order valence-electron chi connectivity index (χ1n) is 8.12. The van der Waals surface area contributed by atoms with Gasteiger partial charge in [0.2, 0.25) is 0 Å². The van der Waals surface area contributed by atoms with Crippen LogP contribution in [0.5, 0.6) is 5.75 Å². The van der Waals surface area contributed by atoms with Crippen LogP contribution in [-0.4, -0.2) is 16.9 Å². The zero-order valence-corrected chi connectivity index (χ0v) is 14.8. The average Bonchev–Trinajstić information content (AvgIpc) is 2.57. The molecule has 0 saturated carbocycles. The number of ether oxygens (including phenoxy) is 1. The maximum atomic E-state index is 12.6. The van der Waals surface area contributed by atoms with Crippen molar-refractivity contribution in [1.29, 1.82) is 0 Å². The molecule has 6 heteroatoms. The van der Waals surface area contributed by atoms with Crippen molar-refractivity contribution in [2.75, 3.05) is 5.32 Å². The van der Waals surface area contributed by atoms with E-state index in [0.29, 0.717) is 23.4 Å². The molecular weight excluding hydrogens is 320 g/mol. The van der Waals surface area contributed by atoms with Gasteiger partial charge in [-0.1, -0.05) is 25.1 Å². The fraction of sp³-hybridized carbons (Fsp3) is 0.316. The van der Waals surface area contributed by atoms with Crippen molar-refractivity contribution >= 4 is 17.3 Å². The van der Waals surface area contributed by atoms with Gasteiger partial charge < -0.3 is 10.1 Å². The lowest BCUT2D eigenvalue weighted by Gasteiger charge is -2.19. The van der Waals surface area contributed by atoms with Crippen LogP contribution in [0.15, 0.2) is 36.4 Å². The number of anilines is 1. The van der Waals surface area contributed by atoms with Crippen LogP contribution in [-0.2, 0) is 4.79 Å². The number of benzene rings is 2. The zero-order chi connectivity index (χ0) is 18.6. The number of nitrogens with one attached hydrogen (secondary N) is 1. The van der Waals surface area contributed by atoms with Gasteiger partial charge in [0.05, 0.1) is 16.2 Å². The van der Waals surface area contributed by atoms with Gasteiger partial charge in [-0.2, -0.15) is 0 Å². The Kier molecular flexibility index (Phi) is 5.75. The van der Waals surface area contributed by atoms with Gasteiger partial charge in [-0.3, -0.25) is 14.9 Å². The molecule has 0 saturated heterocycles. The first kappa shape index (κ1) is 18.4. The Morgan fingerprint density at radius 3 is 2.48 bits per heavy atom. The van der Waals surface area contributed by atoms with E-state index in [4.69, 9.17) is 4.74 Å². The number of nitro benzene ring substituents is 1. The highest BCUT2D eigenvalue weighted by Gasteiger charge is 2.22. The van der Waals surface area contributed by atoms with Crippen molar-refractivity contribution in [3.05, 3.63) is 63.2 Å². The Morgan fingerprint density at radius 1 is 1.16 bits per heavy atom. The van der Waals surface area contributed by atoms with E-state index < -0.39 is 11.0 Å². The summed E-state index contributed by atoms with van der Waals surface area (Å²) < 4.78 is 5.88. The van der Waals surface area contributed by atoms with Gasteiger partial charge in [0.25, 0.3) is 11.6 Å². The summed E-state index contributed by atoms with van der Waals surface area (Å²) in [4.78, 5) is 23.1. The van der Waals surface area contributed by atoms with E-state index in [-0.39, 0.29) is 11.6 Å². The highest BCUT2D eigenvalue weighted by Crippen LogP contribution is 2.26. The number of rotatable bonds is 6. The van der Waals surface area contributed by atoms with Gasteiger partial charge >= 0.3 is 0 Å². The van der Waals surface area contributed by atoms with E-state index in [1.807, 2.05) is 39.0 Å². The fourth-order valence-corrected chi connectivity index (χ4v) is 2.50. The van der Waals surface area contributed by atoms with Crippen LogP contribution in [0.3, 0.4) is 0 Å². The fourth-order valence-electron chi connectivity index (χ4n) is 2.50. The van der Waals surface area contributed by atoms with E-state index in [9.17, 15) is 14.9 Å². The number of nitrogens with zero attached hydrogens (tertiary/aromatic N) is 1. The second kappa shape index (κ2) is 7.79. The molecule has 0 aromatic heterocycles. The van der Waals surface area contributed by atoms with Crippen LogP contribution >= 0.6 is 0 Å². The molecule has 1 unspecified atom stereocenters. The highest BCUT2D eigenvalue weighted by atomic mass is 16.6. The molecular formula is C19H22N2O4. The third-order valence-corrected chi connectivity index (χ3v) is 4.25. The van der Waals surface area contributed by atoms with Gasteiger partial charge in [-0.25, -0.2) is 0 Å². The van der Waals surface area contributed by atoms with Gasteiger partial charge in [-0.05, 0) is 50.5 Å². The average molecular weight is 342 g/mol. The summed E-state index contributed by atoms with van der Waals surface area (Å²) in [5, 5.41) is 13.8. The third-order valence-electron chi connectivity index (χ3n) is 4.25. The minimum absolute atomic E-state index is 0.0266. The monoisotopic (exact) mass is 342 g/mol. The summed E-state index contributed by atoms with van der Waals surface area (Å²) in [6.07, 6.45) is -0.202. The summed E-state index contributed by atoms with van der Waals surface area (Å²) in [5.41, 5.74) is 2.88. The molecule has 0 radical (unpaired) electrons. The summed E-state index contributed by atoms with van der Waals surface area (Å²) in [7, 11) is 0. The number of hydrogen-bond acceptors (Lipinski definition) is 4. The van der Waals surface area contributed by atoms with Crippen LogP contribution in [0.2, 0.25) is 0 Å². The van der Waals surface area contributed by atoms with E-state index in [1.54, 1.807) is 19.1 Å². The van der Waals surface area contributed by atoms with Gasteiger partial charge in [0, 0.05) is 6.07 Å². The van der Waals surface area contributed by atoms with Crippen molar-refractivity contribution in [1.82, 2.24) is 0 Å². The highest BCUT2D eigenvalue weighted by molar-refractivity contribution is 5.95. The minimum Gasteiger partial charge on any atom is -0.480 e. The topological polar surface area (TPSA) is 81.5 Å². The van der Waals surface area contributed by atoms with Gasteiger partial charge in [-0.15, -0.1) is 0 Å². The predicted molar refractivity (Wildman–Crippen MR) is 97.1 cm³/mol. The third kappa shape index (κ3) is 4.15. The molecule has 0 spiro atoms. The van der Waals surface area contributed by atoms with E-state index in [1.165, 1.54) is 6.07 Å². The summed E-state index contributed by atoms with van der Waals surface area (Å²) in [5.74, 6) is 0.338. The van der Waals surface area contributed by atoms with E-state index in [2.05, 4.69) is 5.32 Å². The van der Waals surface area contributed by atoms with Crippen LogP contribution in [0.25, 0.3) is 0 Å². The molecule has 0 bridgehead atoms. The van der Waals surface area contributed by atoms with Crippen molar-refractivity contribution < 1.29 is 14.5 Å². The SMILES string of the molecule is CCC(Oc1cccc(C)c1C)C(=O)Nc1cccc([N+](=O)[O-])c1C. The molecule has 2 aromatic carbocycles. The number of amides is 1. The van der Waals surface area contributed by atoms with E-state index >= 15 is 0 Å². The van der Waals surface area contributed by atoms with Crippen LogP contribution in [0.1, 0.15) is 30.0 Å². The Hall–Kier alpha value is -2.89. The second-order valence-electron chi connectivity index (χ2n) is 5.91. The lowest BCUT2D eigenvalue weighted by Crippen LogP contribution is -2.32. The largest absolute Gasteiger partial charge is 0.480 e. The molecule has 132 valence electrons. The Labute approximate surface area is 147 Å². The Morgan fingerprint density at radius 2 is 1.84 bits per heavy atom. The first-order valence-corrected chi connectivity index (χ1v) is 8.12. The lowest BCUT2D eigenvalue weighted by molar-refractivity contribution is -0.385. The van der Waals surface area contributed by atoms with E-state index in [0.717, 1.165) is 11.1 Å². The number of aryl methyl sites for hydroxylation is 1. The van der Waals surface area contributed by atoms with Crippen molar-refractivity contribution in [2.24, 2.45) is 0 Å². The van der Waals surface area contributed by atoms with Crippen LogP contribution in [0, 0.1) is 30.9 Å². The first-order chi connectivity index (χ1) is 11.8. The molecule has 25 heavy (non-hydrogen) atoms. The number of carbonyl (C=O) groups excluding carboxylic acids is 1. The number of carbonyl (C=O) groups is 1. The maximum absolute atomic E-state index is 12.6. The summed E-state index contributed by atoms with van der Waals surface area (Å²) >= 11 is 0. The molecule has 2 aromatic rings. The van der Waals surface area contributed by atoms with Crippen LogP contribution < -0.4 is 10.1 Å². The number of hydrogen-bond donors (Lipinski definition) is 1. The molecule has 0 aliphatic heterocycles. The number of nitro groups is 1. The Bertz CT molecular complexity index is 802. The maximum Gasteiger partial charge on any atom is 0.274 e. The van der Waals surface area contributed by atoms with Gasteiger partial charge in [0.15, 0.2) is 6.10 Å². The molecule has 0 heterocycles. The quantitative estimate of drug-likeness (QED) is 0.626. The van der Waals surface area contributed by atoms with Crippen LogP contribution in [0.4, 0.5) is 11.4 Å². The molecule has 1 N–H and O–H groups in total. The summed E-state index contributed by atoms with van der Waals surface area (Å²) in [6.45, 7) is 7.39. The smallest absolute Gasteiger partial charge is 0.274 e. The molecule has 6 nitrogen and oxygen atoms in total. The van der Waals surface area contributed by atoms with Crippen molar-refractivity contribution in [3.63, 3.8) is 0 Å². The zero-order valence-electron chi connectivity index (χ0n) is 14.8. The normalized spacial score (nSPS) is 11.7. The molecule has 0 fully saturated rings. The minimum atomic E-state index is -0.681. The molecule has 1 atom stereocenters. The Balaban J connectivity index is 2.19. The van der Waals surface area contributed by atoms with Gasteiger partial charge in [0.1, 0.15) is 5.75 Å². The standard InChI is InChI=1S/C19H22N2O4/c1-5-17(25-18-11-6-8-12(2)13(18)3)19(22)20-15-9-7-10-16(14(15)4)21(23)24/h6-11,17H,5H2,1-4H3,(H,20,22). The molecule has 0 aliphatic rings.